The molecule has 0 fully saturated rings. The third-order valence-corrected chi connectivity index (χ3v) is 2.08. The van der Waals surface area contributed by atoms with Gasteiger partial charge in [0.2, 0.25) is 6.41 Å². The molecule has 0 aliphatic heterocycles. The van der Waals surface area contributed by atoms with E-state index in [2.05, 4.69) is 31.9 Å². The number of carbonyl (C=O) groups excluding carboxylic acids is 1. The first-order chi connectivity index (χ1) is 6.04. The maximum absolute atomic E-state index is 10.5. The fourth-order valence-corrected chi connectivity index (χ4v) is 1.14. The minimum absolute atomic E-state index is 0.0618. The summed E-state index contributed by atoms with van der Waals surface area (Å²) in [5.74, 6) is 0.353. The van der Waals surface area contributed by atoms with Gasteiger partial charge in [-0.3, -0.25) is 4.79 Å². The van der Waals surface area contributed by atoms with Gasteiger partial charge in [0.25, 0.3) is 0 Å². The Labute approximate surface area is 80.2 Å². The average molecular weight is 179 g/mol. The maximum Gasteiger partial charge on any atom is 0.209 e. The van der Waals surface area contributed by atoms with Crippen molar-refractivity contribution in [3.05, 3.63) is 23.6 Å². The lowest BCUT2D eigenvalue weighted by atomic mass is 9.97. The number of hydrogen-bond donors (Lipinski definition) is 0. The van der Waals surface area contributed by atoms with Gasteiger partial charge in [0, 0.05) is 12.6 Å². The Balaban J connectivity index is 4.88. The van der Waals surface area contributed by atoms with Gasteiger partial charge in [-0.25, -0.2) is 0 Å². The Morgan fingerprint density at radius 2 is 2.00 bits per heavy atom. The van der Waals surface area contributed by atoms with E-state index in [1.807, 2.05) is 6.92 Å². The van der Waals surface area contributed by atoms with Gasteiger partial charge in [-0.2, -0.15) is 0 Å². The molecule has 2 heteroatoms. The van der Waals surface area contributed by atoms with Crippen LogP contribution in [0.2, 0.25) is 0 Å². The van der Waals surface area contributed by atoms with Crippen molar-refractivity contribution in [1.29, 1.82) is 0 Å². The topological polar surface area (TPSA) is 20.3 Å². The van der Waals surface area contributed by atoms with Crippen LogP contribution >= 0.6 is 0 Å². The van der Waals surface area contributed by atoms with Crippen molar-refractivity contribution < 1.29 is 4.79 Å². The SMILES string of the molecule is C=C=C=C(C(C)C)[C@@H](C)N(C)C=O. The quantitative estimate of drug-likeness (QED) is 0.477. The molecule has 1 atom stereocenters. The molecule has 0 aromatic carbocycles. The second kappa shape index (κ2) is 5.42. The van der Waals surface area contributed by atoms with E-state index in [4.69, 9.17) is 0 Å². The standard InChI is InChI=1S/C11H17NO/c1-6-7-11(9(2)3)10(4)12(5)8-13/h8-10H,1H2,2-5H3/t10-/m1/s1. The molecule has 0 aliphatic carbocycles. The highest BCUT2D eigenvalue weighted by Gasteiger charge is 2.15. The highest BCUT2D eigenvalue weighted by molar-refractivity contribution is 5.48. The normalized spacial score (nSPS) is 11.5. The molecule has 0 saturated heterocycles. The zero-order valence-electron chi connectivity index (χ0n) is 8.79. The lowest BCUT2D eigenvalue weighted by Gasteiger charge is -2.23. The Hall–Kier alpha value is -1.23. The van der Waals surface area contributed by atoms with E-state index >= 15 is 0 Å². The van der Waals surface area contributed by atoms with Crippen molar-refractivity contribution in [2.75, 3.05) is 7.05 Å². The number of hydrogen-bond acceptors (Lipinski definition) is 1. The molecule has 0 radical (unpaired) electrons. The highest BCUT2D eigenvalue weighted by atomic mass is 16.1. The number of carbonyl (C=O) groups is 1. The van der Waals surface area contributed by atoms with Gasteiger partial charge in [0.05, 0.1) is 6.04 Å². The molecule has 0 aromatic heterocycles. The zero-order valence-corrected chi connectivity index (χ0v) is 8.79. The summed E-state index contributed by atoms with van der Waals surface area (Å²) >= 11 is 0. The van der Waals surface area contributed by atoms with Crippen LogP contribution in [0.1, 0.15) is 20.8 Å². The fraction of sp³-hybridized carbons (Fsp3) is 0.545. The van der Waals surface area contributed by atoms with E-state index in [9.17, 15) is 4.79 Å². The van der Waals surface area contributed by atoms with E-state index in [0.717, 1.165) is 12.0 Å². The molecular formula is C11H17NO. The lowest BCUT2D eigenvalue weighted by Crippen LogP contribution is -2.30. The summed E-state index contributed by atoms with van der Waals surface area (Å²) in [5, 5.41) is 0. The predicted octanol–water partition coefficient (Wildman–Crippen LogP) is 1.99. The van der Waals surface area contributed by atoms with Crippen LogP contribution in [0.5, 0.6) is 0 Å². The first-order valence-electron chi connectivity index (χ1n) is 4.36. The summed E-state index contributed by atoms with van der Waals surface area (Å²) in [4.78, 5) is 12.1. The maximum atomic E-state index is 10.5. The van der Waals surface area contributed by atoms with Gasteiger partial charge < -0.3 is 4.90 Å². The minimum atomic E-state index is 0.0618. The van der Waals surface area contributed by atoms with Crippen molar-refractivity contribution in [3.8, 4) is 0 Å². The van der Waals surface area contributed by atoms with Gasteiger partial charge >= 0.3 is 0 Å². The molecule has 0 N–H and O–H groups in total. The molecule has 0 spiro atoms. The monoisotopic (exact) mass is 179 g/mol. The van der Waals surface area contributed by atoms with Crippen molar-refractivity contribution in [1.82, 2.24) is 4.90 Å². The van der Waals surface area contributed by atoms with Crippen LogP contribution in [-0.4, -0.2) is 24.4 Å². The highest BCUT2D eigenvalue weighted by Crippen LogP contribution is 2.15. The van der Waals surface area contributed by atoms with Gasteiger partial charge in [0.1, 0.15) is 0 Å². The van der Waals surface area contributed by atoms with Crippen LogP contribution in [0.25, 0.3) is 0 Å². The zero-order chi connectivity index (χ0) is 10.4. The molecule has 0 bridgehead atoms. The van der Waals surface area contributed by atoms with Gasteiger partial charge in [-0.1, -0.05) is 25.3 Å². The van der Waals surface area contributed by atoms with Crippen LogP contribution in [-0.2, 0) is 4.79 Å². The molecule has 0 aliphatic rings. The van der Waals surface area contributed by atoms with Crippen molar-refractivity contribution >= 4 is 6.41 Å². The number of nitrogens with zero attached hydrogens (tertiary/aromatic N) is 1. The van der Waals surface area contributed by atoms with Crippen LogP contribution in [0.15, 0.2) is 23.6 Å². The lowest BCUT2D eigenvalue weighted by molar-refractivity contribution is -0.118. The second-order valence-corrected chi connectivity index (χ2v) is 3.36. The summed E-state index contributed by atoms with van der Waals surface area (Å²) in [6.07, 6.45) is 0.817. The van der Waals surface area contributed by atoms with Gasteiger partial charge in [0.15, 0.2) is 0 Å². The van der Waals surface area contributed by atoms with Crippen molar-refractivity contribution in [2.45, 2.75) is 26.8 Å². The molecular weight excluding hydrogens is 162 g/mol. The number of likely N-dealkylation sites (N-methyl/N-ethyl adjacent to an activating group) is 1. The molecule has 0 unspecified atom stereocenters. The Morgan fingerprint density at radius 1 is 1.46 bits per heavy atom. The third kappa shape index (κ3) is 3.33. The van der Waals surface area contributed by atoms with Crippen LogP contribution in [0.4, 0.5) is 0 Å². The Bertz CT molecular complexity index is 255. The first-order valence-corrected chi connectivity index (χ1v) is 4.36. The summed E-state index contributed by atoms with van der Waals surface area (Å²) in [6.45, 7) is 9.58. The molecule has 2 nitrogen and oxygen atoms in total. The van der Waals surface area contributed by atoms with Gasteiger partial charge in [-0.15, -0.1) is 0 Å². The number of amides is 1. The van der Waals surface area contributed by atoms with E-state index in [0.29, 0.717) is 5.92 Å². The molecule has 0 rings (SSSR count). The smallest absolute Gasteiger partial charge is 0.209 e. The summed E-state index contributed by atoms with van der Waals surface area (Å²) in [5.41, 5.74) is 6.63. The van der Waals surface area contributed by atoms with E-state index in [-0.39, 0.29) is 6.04 Å². The minimum Gasteiger partial charge on any atom is -0.341 e. The third-order valence-electron chi connectivity index (χ3n) is 2.08. The molecule has 72 valence electrons. The molecule has 1 amide bonds. The molecule has 0 heterocycles. The molecule has 13 heavy (non-hydrogen) atoms. The number of rotatable bonds is 4. The second-order valence-electron chi connectivity index (χ2n) is 3.36. The molecule has 0 aromatic rings. The largest absolute Gasteiger partial charge is 0.341 e. The van der Waals surface area contributed by atoms with Gasteiger partial charge in [-0.05, 0) is 19.4 Å². The fourth-order valence-electron chi connectivity index (χ4n) is 1.14. The average Bonchev–Trinajstić information content (AvgIpc) is 2.11. The Morgan fingerprint density at radius 3 is 2.31 bits per heavy atom. The Kier molecular flexibility index (Phi) is 4.91. The summed E-state index contributed by atoms with van der Waals surface area (Å²) in [6, 6.07) is 0.0618. The van der Waals surface area contributed by atoms with Crippen molar-refractivity contribution in [3.63, 3.8) is 0 Å². The summed E-state index contributed by atoms with van der Waals surface area (Å²) < 4.78 is 0. The van der Waals surface area contributed by atoms with E-state index in [1.54, 1.807) is 11.9 Å². The van der Waals surface area contributed by atoms with Crippen LogP contribution in [0.3, 0.4) is 0 Å². The van der Waals surface area contributed by atoms with Crippen LogP contribution < -0.4 is 0 Å². The van der Waals surface area contributed by atoms with E-state index in [1.165, 1.54) is 0 Å². The first kappa shape index (κ1) is 11.8. The molecule has 0 saturated carbocycles. The van der Waals surface area contributed by atoms with Crippen LogP contribution in [0, 0.1) is 5.92 Å². The van der Waals surface area contributed by atoms with Crippen molar-refractivity contribution in [2.24, 2.45) is 5.92 Å². The predicted molar refractivity (Wildman–Crippen MR) is 54.3 cm³/mol. The summed E-state index contributed by atoms with van der Waals surface area (Å²) in [7, 11) is 1.75. The van der Waals surface area contributed by atoms with E-state index < -0.39 is 0 Å².